The van der Waals surface area contributed by atoms with Crippen molar-refractivity contribution in [2.45, 2.75) is 6.04 Å². The molecule has 5 heteroatoms. The van der Waals surface area contributed by atoms with Gasteiger partial charge in [-0.05, 0) is 29.1 Å². The van der Waals surface area contributed by atoms with Crippen molar-refractivity contribution in [3.8, 4) is 0 Å². The highest BCUT2D eigenvalue weighted by atomic mass is 35.5. The monoisotopic (exact) mass is 312 g/mol. The van der Waals surface area contributed by atoms with Crippen LogP contribution < -0.4 is 5.32 Å². The third kappa shape index (κ3) is 3.38. The van der Waals surface area contributed by atoms with Crippen LogP contribution in [0.2, 0.25) is 0 Å². The molecular formula is C15H18ClFN2S. The molecule has 1 aromatic heterocycles. The molecule has 1 fully saturated rings. The molecule has 1 N–H and O–H groups in total. The maximum atomic E-state index is 13.5. The molecule has 0 bridgehead atoms. The Kier molecular flexibility index (Phi) is 5.54. The molecule has 1 aliphatic rings. The highest BCUT2D eigenvalue weighted by molar-refractivity contribution is 7.10. The molecule has 0 saturated carbocycles. The van der Waals surface area contributed by atoms with Crippen molar-refractivity contribution in [1.82, 2.24) is 10.2 Å². The largest absolute Gasteiger partial charge is 0.314 e. The molecule has 0 aliphatic carbocycles. The van der Waals surface area contributed by atoms with Gasteiger partial charge in [0.1, 0.15) is 5.82 Å². The highest BCUT2D eigenvalue weighted by Gasteiger charge is 2.24. The van der Waals surface area contributed by atoms with Gasteiger partial charge in [-0.1, -0.05) is 18.2 Å². The summed E-state index contributed by atoms with van der Waals surface area (Å²) in [6.07, 6.45) is 0. The molecule has 2 heterocycles. The normalized spacial score (nSPS) is 17.4. The average molecular weight is 313 g/mol. The lowest BCUT2D eigenvalue weighted by atomic mass is 10.0. The van der Waals surface area contributed by atoms with E-state index in [-0.39, 0.29) is 24.3 Å². The van der Waals surface area contributed by atoms with Gasteiger partial charge in [0, 0.05) is 31.1 Å². The number of hydrogen-bond acceptors (Lipinski definition) is 3. The first-order valence-electron chi connectivity index (χ1n) is 6.58. The van der Waals surface area contributed by atoms with Crippen LogP contribution in [0.15, 0.2) is 41.8 Å². The Hall–Kier alpha value is -0.940. The molecule has 1 saturated heterocycles. The van der Waals surface area contributed by atoms with Crippen molar-refractivity contribution < 1.29 is 4.39 Å². The Morgan fingerprint density at radius 3 is 2.60 bits per heavy atom. The van der Waals surface area contributed by atoms with Gasteiger partial charge in [-0.25, -0.2) is 4.39 Å². The predicted octanol–water partition coefficient (Wildman–Crippen LogP) is 3.30. The number of hydrogen-bond donors (Lipinski definition) is 1. The van der Waals surface area contributed by atoms with Gasteiger partial charge in [-0.3, -0.25) is 4.90 Å². The standard InChI is InChI=1S/C15H17FN2S.ClH/c16-13-4-1-3-12(11-13)15(14-5-2-10-19-14)18-8-6-17-7-9-18;/h1-5,10-11,15,17H,6-9H2;1H/t15-;/m0./s1. The van der Waals surface area contributed by atoms with E-state index in [4.69, 9.17) is 0 Å². The molecule has 0 amide bonds. The molecule has 2 nitrogen and oxygen atoms in total. The van der Waals surface area contributed by atoms with Gasteiger partial charge in [0.15, 0.2) is 0 Å². The van der Waals surface area contributed by atoms with E-state index in [0.29, 0.717) is 0 Å². The SMILES string of the molecule is Cl.Fc1cccc([C@@H](c2cccs2)N2CCNCC2)c1. The molecule has 3 rings (SSSR count). The summed E-state index contributed by atoms with van der Waals surface area (Å²) in [5, 5.41) is 5.45. The van der Waals surface area contributed by atoms with E-state index >= 15 is 0 Å². The summed E-state index contributed by atoms with van der Waals surface area (Å²) in [5.41, 5.74) is 1.05. The molecule has 108 valence electrons. The second-order valence-corrected chi connectivity index (χ2v) is 5.74. The van der Waals surface area contributed by atoms with Crippen LogP contribution in [0.1, 0.15) is 16.5 Å². The molecule has 0 radical (unpaired) electrons. The molecule has 0 unspecified atom stereocenters. The first-order valence-corrected chi connectivity index (χ1v) is 7.46. The van der Waals surface area contributed by atoms with Gasteiger partial charge in [0.25, 0.3) is 0 Å². The maximum Gasteiger partial charge on any atom is 0.123 e. The van der Waals surface area contributed by atoms with Crippen LogP contribution in [0.3, 0.4) is 0 Å². The summed E-state index contributed by atoms with van der Waals surface area (Å²) < 4.78 is 13.5. The molecular weight excluding hydrogens is 295 g/mol. The highest BCUT2D eigenvalue weighted by Crippen LogP contribution is 2.32. The third-order valence-electron chi connectivity index (χ3n) is 3.49. The summed E-state index contributed by atoms with van der Waals surface area (Å²) in [4.78, 5) is 3.71. The Labute approximate surface area is 129 Å². The fourth-order valence-electron chi connectivity index (χ4n) is 2.62. The van der Waals surface area contributed by atoms with Crippen LogP contribution >= 0.6 is 23.7 Å². The summed E-state index contributed by atoms with van der Waals surface area (Å²) in [7, 11) is 0. The van der Waals surface area contributed by atoms with Crippen LogP contribution in [0.5, 0.6) is 0 Å². The van der Waals surface area contributed by atoms with E-state index in [1.165, 1.54) is 10.9 Å². The number of thiophene rings is 1. The van der Waals surface area contributed by atoms with Crippen molar-refractivity contribution >= 4 is 23.7 Å². The first-order chi connectivity index (χ1) is 9.34. The Bertz CT molecular complexity index is 526. The minimum Gasteiger partial charge on any atom is -0.314 e. The second kappa shape index (κ2) is 7.18. The Balaban J connectivity index is 0.00000147. The van der Waals surface area contributed by atoms with Crippen LogP contribution in [-0.4, -0.2) is 31.1 Å². The third-order valence-corrected chi connectivity index (χ3v) is 4.42. The molecule has 0 spiro atoms. The fraction of sp³-hybridized carbons (Fsp3) is 0.333. The van der Waals surface area contributed by atoms with Crippen LogP contribution in [0.4, 0.5) is 4.39 Å². The van der Waals surface area contributed by atoms with E-state index in [1.807, 2.05) is 6.07 Å². The molecule has 2 aromatic rings. The molecule has 1 aliphatic heterocycles. The topological polar surface area (TPSA) is 15.3 Å². The van der Waals surface area contributed by atoms with Gasteiger partial charge < -0.3 is 5.32 Å². The minimum absolute atomic E-state index is 0. The van der Waals surface area contributed by atoms with Gasteiger partial charge in [-0.15, -0.1) is 23.7 Å². The van der Waals surface area contributed by atoms with E-state index in [1.54, 1.807) is 23.5 Å². The van der Waals surface area contributed by atoms with Crippen molar-refractivity contribution in [2.75, 3.05) is 26.2 Å². The van der Waals surface area contributed by atoms with Gasteiger partial charge in [-0.2, -0.15) is 0 Å². The van der Waals surface area contributed by atoms with Gasteiger partial charge >= 0.3 is 0 Å². The zero-order valence-corrected chi connectivity index (χ0v) is 12.7. The van der Waals surface area contributed by atoms with E-state index in [2.05, 4.69) is 27.7 Å². The van der Waals surface area contributed by atoms with E-state index in [0.717, 1.165) is 31.7 Å². The zero-order chi connectivity index (χ0) is 13.1. The number of piperazine rings is 1. The predicted molar refractivity (Wildman–Crippen MR) is 84.3 cm³/mol. The zero-order valence-electron chi connectivity index (χ0n) is 11.1. The number of nitrogens with zero attached hydrogens (tertiary/aromatic N) is 1. The Morgan fingerprint density at radius 2 is 1.95 bits per heavy atom. The second-order valence-electron chi connectivity index (χ2n) is 4.76. The lowest BCUT2D eigenvalue weighted by molar-refractivity contribution is 0.200. The van der Waals surface area contributed by atoms with Gasteiger partial charge in [0.2, 0.25) is 0 Å². The van der Waals surface area contributed by atoms with Crippen molar-refractivity contribution in [3.05, 3.63) is 58.0 Å². The number of benzene rings is 1. The summed E-state index contributed by atoms with van der Waals surface area (Å²) in [6.45, 7) is 3.99. The Morgan fingerprint density at radius 1 is 1.15 bits per heavy atom. The number of halogens is 2. The van der Waals surface area contributed by atoms with Crippen molar-refractivity contribution in [3.63, 3.8) is 0 Å². The van der Waals surface area contributed by atoms with Crippen molar-refractivity contribution in [2.24, 2.45) is 0 Å². The quantitative estimate of drug-likeness (QED) is 0.935. The van der Waals surface area contributed by atoms with Crippen LogP contribution in [0.25, 0.3) is 0 Å². The van der Waals surface area contributed by atoms with Crippen molar-refractivity contribution in [1.29, 1.82) is 0 Å². The summed E-state index contributed by atoms with van der Waals surface area (Å²) in [6, 6.07) is 11.4. The average Bonchev–Trinajstić information content (AvgIpc) is 2.94. The van der Waals surface area contributed by atoms with Gasteiger partial charge in [0.05, 0.1) is 6.04 Å². The summed E-state index contributed by atoms with van der Waals surface area (Å²) >= 11 is 1.74. The molecule has 1 atom stereocenters. The van der Waals surface area contributed by atoms with E-state index < -0.39 is 0 Å². The van der Waals surface area contributed by atoms with Crippen LogP contribution in [0, 0.1) is 5.82 Å². The smallest absolute Gasteiger partial charge is 0.123 e. The molecule has 20 heavy (non-hydrogen) atoms. The maximum absolute atomic E-state index is 13.5. The van der Waals surface area contributed by atoms with E-state index in [9.17, 15) is 4.39 Å². The number of nitrogens with one attached hydrogen (secondary N) is 1. The summed E-state index contributed by atoms with van der Waals surface area (Å²) in [5.74, 6) is -0.158. The fourth-order valence-corrected chi connectivity index (χ4v) is 3.50. The molecule has 1 aromatic carbocycles. The lowest BCUT2D eigenvalue weighted by Crippen LogP contribution is -2.45. The first kappa shape index (κ1) is 15.4. The minimum atomic E-state index is -0.158. The number of rotatable bonds is 3. The van der Waals surface area contributed by atoms with Crippen LogP contribution in [-0.2, 0) is 0 Å². The lowest BCUT2D eigenvalue weighted by Gasteiger charge is -2.34.